The van der Waals surface area contributed by atoms with Crippen molar-refractivity contribution in [2.24, 2.45) is 0 Å². The summed E-state index contributed by atoms with van der Waals surface area (Å²) in [6, 6.07) is 0. The molecule has 0 aromatic carbocycles. The fourth-order valence-electron chi connectivity index (χ4n) is 6.03. The SMILES string of the molecule is CCCCC/C=C\CCCCCCCC(=O)OC(CO)COCCCCCCCCCCCCCCCCCCCCCCC. The van der Waals surface area contributed by atoms with Gasteiger partial charge in [-0.2, -0.15) is 0 Å². The lowest BCUT2D eigenvalue weighted by Gasteiger charge is -2.15. The molecule has 268 valence electrons. The fraction of sp³-hybridized carbons (Fsp3) is 0.927. The van der Waals surface area contributed by atoms with Crippen LogP contribution in [0.4, 0.5) is 0 Å². The average Bonchev–Trinajstić information content (AvgIpc) is 3.05. The van der Waals surface area contributed by atoms with Crippen LogP contribution < -0.4 is 0 Å². The maximum absolute atomic E-state index is 12.1. The highest BCUT2D eigenvalue weighted by Gasteiger charge is 2.13. The van der Waals surface area contributed by atoms with Gasteiger partial charge in [-0.3, -0.25) is 4.79 Å². The van der Waals surface area contributed by atoms with Gasteiger partial charge in [0, 0.05) is 13.0 Å². The molecule has 1 N–H and O–H groups in total. The van der Waals surface area contributed by atoms with Gasteiger partial charge in [-0.1, -0.05) is 187 Å². The van der Waals surface area contributed by atoms with E-state index in [1.165, 1.54) is 180 Å². The summed E-state index contributed by atoms with van der Waals surface area (Å²) >= 11 is 0. The first-order chi connectivity index (χ1) is 22.2. The van der Waals surface area contributed by atoms with Gasteiger partial charge in [0.2, 0.25) is 0 Å². The molecule has 1 atom stereocenters. The number of hydrogen-bond donors (Lipinski definition) is 1. The number of hydrogen-bond acceptors (Lipinski definition) is 4. The van der Waals surface area contributed by atoms with E-state index in [1.54, 1.807) is 0 Å². The summed E-state index contributed by atoms with van der Waals surface area (Å²) in [5.74, 6) is -0.207. The van der Waals surface area contributed by atoms with E-state index < -0.39 is 6.10 Å². The number of carbonyl (C=O) groups excluding carboxylic acids is 1. The lowest BCUT2D eigenvalue weighted by molar-refractivity contribution is -0.154. The topological polar surface area (TPSA) is 55.8 Å². The normalized spacial score (nSPS) is 12.3. The molecule has 0 aromatic heterocycles. The van der Waals surface area contributed by atoms with E-state index in [-0.39, 0.29) is 12.6 Å². The molecule has 0 heterocycles. The Bertz CT molecular complexity index is 590. The lowest BCUT2D eigenvalue weighted by Crippen LogP contribution is -2.27. The second kappa shape index (κ2) is 39.3. The molecular weight excluding hydrogens is 556 g/mol. The van der Waals surface area contributed by atoms with Crippen LogP contribution in [-0.2, 0) is 14.3 Å². The van der Waals surface area contributed by atoms with Crippen molar-refractivity contribution >= 4 is 5.97 Å². The van der Waals surface area contributed by atoms with Crippen molar-refractivity contribution < 1.29 is 19.4 Å². The second-order valence-corrected chi connectivity index (χ2v) is 13.7. The molecule has 0 radical (unpaired) electrons. The van der Waals surface area contributed by atoms with Crippen LogP contribution in [0.1, 0.15) is 219 Å². The third-order valence-electron chi connectivity index (χ3n) is 9.09. The molecular formula is C41H80O4. The van der Waals surface area contributed by atoms with Crippen LogP contribution in [0.3, 0.4) is 0 Å². The van der Waals surface area contributed by atoms with Crippen molar-refractivity contribution in [1.82, 2.24) is 0 Å². The highest BCUT2D eigenvalue weighted by molar-refractivity contribution is 5.69. The van der Waals surface area contributed by atoms with Crippen LogP contribution in [0.25, 0.3) is 0 Å². The zero-order valence-corrected chi connectivity index (χ0v) is 30.7. The highest BCUT2D eigenvalue weighted by Crippen LogP contribution is 2.15. The Kier molecular flexibility index (Phi) is 38.5. The summed E-state index contributed by atoms with van der Waals surface area (Å²) in [6.07, 6.45) is 45.5. The van der Waals surface area contributed by atoms with Gasteiger partial charge in [-0.05, 0) is 38.5 Å². The largest absolute Gasteiger partial charge is 0.457 e. The Morgan fingerprint density at radius 1 is 0.511 bits per heavy atom. The predicted molar refractivity (Wildman–Crippen MR) is 196 cm³/mol. The first-order valence-corrected chi connectivity index (χ1v) is 20.3. The molecule has 45 heavy (non-hydrogen) atoms. The lowest BCUT2D eigenvalue weighted by atomic mass is 10.0. The van der Waals surface area contributed by atoms with Crippen molar-refractivity contribution in [2.45, 2.75) is 225 Å². The van der Waals surface area contributed by atoms with E-state index in [0.29, 0.717) is 19.6 Å². The van der Waals surface area contributed by atoms with E-state index in [2.05, 4.69) is 26.0 Å². The molecule has 0 aromatic rings. The Labute approximate surface area is 282 Å². The minimum absolute atomic E-state index is 0.170. The van der Waals surface area contributed by atoms with Gasteiger partial charge < -0.3 is 14.6 Å². The highest BCUT2D eigenvalue weighted by atomic mass is 16.6. The van der Waals surface area contributed by atoms with E-state index in [4.69, 9.17) is 9.47 Å². The summed E-state index contributed by atoms with van der Waals surface area (Å²) in [6.45, 7) is 5.35. The number of rotatable bonds is 38. The van der Waals surface area contributed by atoms with Gasteiger partial charge in [0.25, 0.3) is 0 Å². The fourth-order valence-corrected chi connectivity index (χ4v) is 6.03. The minimum Gasteiger partial charge on any atom is -0.457 e. The summed E-state index contributed by atoms with van der Waals surface area (Å²) in [5, 5.41) is 9.56. The smallest absolute Gasteiger partial charge is 0.306 e. The molecule has 0 fully saturated rings. The predicted octanol–water partition coefficient (Wildman–Crippen LogP) is 13.0. The van der Waals surface area contributed by atoms with Crippen LogP contribution in [0.5, 0.6) is 0 Å². The number of carbonyl (C=O) groups is 1. The maximum Gasteiger partial charge on any atom is 0.306 e. The van der Waals surface area contributed by atoms with Crippen molar-refractivity contribution in [3.05, 3.63) is 12.2 Å². The van der Waals surface area contributed by atoms with E-state index in [9.17, 15) is 9.90 Å². The van der Waals surface area contributed by atoms with Crippen LogP contribution >= 0.6 is 0 Å². The maximum atomic E-state index is 12.1. The molecule has 0 spiro atoms. The first kappa shape index (κ1) is 44.1. The molecule has 1 unspecified atom stereocenters. The first-order valence-electron chi connectivity index (χ1n) is 20.3. The van der Waals surface area contributed by atoms with Crippen LogP contribution in [-0.4, -0.2) is 37.0 Å². The number of ether oxygens (including phenoxy) is 2. The monoisotopic (exact) mass is 637 g/mol. The van der Waals surface area contributed by atoms with Crippen molar-refractivity contribution in [3.63, 3.8) is 0 Å². The third-order valence-corrected chi connectivity index (χ3v) is 9.09. The van der Waals surface area contributed by atoms with Gasteiger partial charge in [0.15, 0.2) is 0 Å². The van der Waals surface area contributed by atoms with Gasteiger partial charge in [0.05, 0.1) is 13.2 Å². The van der Waals surface area contributed by atoms with Crippen LogP contribution in [0.2, 0.25) is 0 Å². The Morgan fingerprint density at radius 3 is 1.31 bits per heavy atom. The number of unbranched alkanes of at least 4 members (excludes halogenated alkanes) is 28. The number of aliphatic hydroxyl groups excluding tert-OH is 1. The summed E-state index contributed by atoms with van der Waals surface area (Å²) in [5.41, 5.74) is 0. The number of aliphatic hydroxyl groups is 1. The molecule has 0 aliphatic heterocycles. The van der Waals surface area contributed by atoms with E-state index in [1.807, 2.05) is 0 Å². The Hall–Kier alpha value is -0.870. The third kappa shape index (κ3) is 37.5. The molecule has 0 saturated carbocycles. The van der Waals surface area contributed by atoms with E-state index in [0.717, 1.165) is 19.3 Å². The molecule has 0 bridgehead atoms. The molecule has 4 nitrogen and oxygen atoms in total. The standard InChI is InChI=1S/C41H80O4/c1-3-5-7-9-11-13-15-17-18-19-20-21-22-23-24-25-27-29-31-33-35-37-44-39-40(38-42)45-41(43)36-34-32-30-28-26-16-14-12-10-8-6-4-2/h12,14,40,42H,3-11,13,15-39H2,1-2H3/b14-12-. The molecule has 0 rings (SSSR count). The summed E-state index contributed by atoms with van der Waals surface area (Å²) in [4.78, 5) is 12.1. The molecule has 0 amide bonds. The van der Waals surface area contributed by atoms with Crippen molar-refractivity contribution in [3.8, 4) is 0 Å². The molecule has 0 aliphatic carbocycles. The number of allylic oxidation sites excluding steroid dienone is 2. The van der Waals surface area contributed by atoms with Crippen LogP contribution in [0, 0.1) is 0 Å². The Balaban J connectivity index is 3.35. The molecule has 4 heteroatoms. The molecule has 0 saturated heterocycles. The summed E-state index contributed by atoms with van der Waals surface area (Å²) < 4.78 is 11.1. The zero-order valence-electron chi connectivity index (χ0n) is 30.7. The van der Waals surface area contributed by atoms with Crippen molar-refractivity contribution in [1.29, 1.82) is 0 Å². The summed E-state index contributed by atoms with van der Waals surface area (Å²) in [7, 11) is 0. The van der Waals surface area contributed by atoms with Gasteiger partial charge >= 0.3 is 5.97 Å². The van der Waals surface area contributed by atoms with Crippen molar-refractivity contribution in [2.75, 3.05) is 19.8 Å². The second-order valence-electron chi connectivity index (χ2n) is 13.7. The molecule has 0 aliphatic rings. The zero-order chi connectivity index (χ0) is 32.7. The van der Waals surface area contributed by atoms with Gasteiger partial charge in [-0.15, -0.1) is 0 Å². The van der Waals surface area contributed by atoms with Gasteiger partial charge in [-0.25, -0.2) is 0 Å². The quantitative estimate of drug-likeness (QED) is 0.0416. The Morgan fingerprint density at radius 2 is 0.867 bits per heavy atom. The van der Waals surface area contributed by atoms with Crippen LogP contribution in [0.15, 0.2) is 12.2 Å². The number of esters is 1. The van der Waals surface area contributed by atoms with E-state index >= 15 is 0 Å². The minimum atomic E-state index is -0.531. The van der Waals surface area contributed by atoms with Gasteiger partial charge in [0.1, 0.15) is 6.10 Å². The average molecular weight is 637 g/mol.